The molecule has 0 amide bonds. The van der Waals surface area contributed by atoms with Crippen molar-refractivity contribution in [3.05, 3.63) is 29.6 Å². The number of nitrogens with zero attached hydrogens (tertiary/aromatic N) is 1. The first-order chi connectivity index (χ1) is 9.77. The van der Waals surface area contributed by atoms with Crippen molar-refractivity contribution in [3.63, 3.8) is 0 Å². The van der Waals surface area contributed by atoms with Gasteiger partial charge in [-0.25, -0.2) is 13.2 Å². The molecule has 120 valence electrons. The molecule has 21 heavy (non-hydrogen) atoms. The molecule has 5 nitrogen and oxygen atoms in total. The molecule has 0 atom stereocenters. The molecule has 9 heteroatoms. The van der Waals surface area contributed by atoms with E-state index in [4.69, 9.17) is 0 Å². The van der Waals surface area contributed by atoms with Crippen LogP contribution >= 0.6 is 0 Å². The lowest BCUT2D eigenvalue weighted by molar-refractivity contribution is 0.458. The van der Waals surface area contributed by atoms with Crippen molar-refractivity contribution >= 4 is 15.9 Å². The minimum atomic E-state index is -4.07. The van der Waals surface area contributed by atoms with Crippen LogP contribution in [0.25, 0.3) is 0 Å². The first-order valence-electron chi connectivity index (χ1n) is 6.37. The van der Waals surface area contributed by atoms with Gasteiger partial charge < -0.3 is 5.32 Å². The highest BCUT2D eigenvalue weighted by molar-refractivity contribution is 7.90. The van der Waals surface area contributed by atoms with Gasteiger partial charge in [0.05, 0.1) is 5.69 Å². The van der Waals surface area contributed by atoms with E-state index < -0.39 is 33.3 Å². The van der Waals surface area contributed by atoms with E-state index in [2.05, 4.69) is 5.32 Å². The smallest absolute Gasteiger partial charge is 0.301 e. The first kappa shape index (κ1) is 17.7. The second kappa shape index (κ2) is 7.62. The van der Waals surface area contributed by atoms with Gasteiger partial charge in [-0.2, -0.15) is 12.7 Å². The largest absolute Gasteiger partial charge is 0.317 e. The summed E-state index contributed by atoms with van der Waals surface area (Å²) in [7, 11) is -2.78. The average molecular weight is 325 g/mol. The summed E-state index contributed by atoms with van der Waals surface area (Å²) in [5.41, 5.74) is -0.758. The molecular formula is C12H18F3N3O2S. The Labute approximate surface area is 122 Å². The molecule has 0 bridgehead atoms. The second-order valence-electron chi connectivity index (χ2n) is 4.38. The zero-order chi connectivity index (χ0) is 16.0. The molecule has 1 rings (SSSR count). The number of rotatable bonds is 8. The Hall–Kier alpha value is -1.32. The van der Waals surface area contributed by atoms with Crippen LogP contribution in [0.4, 0.5) is 18.9 Å². The van der Waals surface area contributed by atoms with Crippen molar-refractivity contribution in [3.8, 4) is 0 Å². The molecule has 0 aliphatic heterocycles. The molecule has 0 heterocycles. The number of hydrogen-bond donors (Lipinski definition) is 2. The van der Waals surface area contributed by atoms with Crippen molar-refractivity contribution in [1.29, 1.82) is 0 Å². The van der Waals surface area contributed by atoms with Gasteiger partial charge in [0.25, 0.3) is 0 Å². The molecule has 0 spiro atoms. The Morgan fingerprint density at radius 1 is 1.24 bits per heavy atom. The lowest BCUT2D eigenvalue weighted by atomic mass is 10.3. The number of halogens is 3. The summed E-state index contributed by atoms with van der Waals surface area (Å²) in [6.07, 6.45) is 0.547. The van der Waals surface area contributed by atoms with E-state index in [-0.39, 0.29) is 6.54 Å². The molecule has 0 aliphatic rings. The number of nitrogens with one attached hydrogen (secondary N) is 2. The third-order valence-electron chi connectivity index (χ3n) is 2.72. The fourth-order valence-corrected chi connectivity index (χ4v) is 2.52. The normalized spacial score (nSPS) is 11.9. The van der Waals surface area contributed by atoms with E-state index in [0.717, 1.165) is 10.8 Å². The third-order valence-corrected chi connectivity index (χ3v) is 4.20. The van der Waals surface area contributed by atoms with Crippen LogP contribution in [0.1, 0.15) is 13.3 Å². The Morgan fingerprint density at radius 2 is 1.90 bits per heavy atom. The van der Waals surface area contributed by atoms with Crippen molar-refractivity contribution in [2.75, 3.05) is 31.4 Å². The summed E-state index contributed by atoms with van der Waals surface area (Å²) in [4.78, 5) is 0. The minimum Gasteiger partial charge on any atom is -0.317 e. The Kier molecular flexibility index (Phi) is 6.43. The van der Waals surface area contributed by atoms with Gasteiger partial charge in [0.15, 0.2) is 11.6 Å². The van der Waals surface area contributed by atoms with Gasteiger partial charge in [0, 0.05) is 25.7 Å². The van der Waals surface area contributed by atoms with Crippen LogP contribution < -0.4 is 10.0 Å². The van der Waals surface area contributed by atoms with Gasteiger partial charge in [-0.1, -0.05) is 6.92 Å². The van der Waals surface area contributed by atoms with E-state index in [0.29, 0.717) is 25.1 Å². The Morgan fingerprint density at radius 3 is 2.52 bits per heavy atom. The third kappa shape index (κ3) is 5.18. The summed E-state index contributed by atoms with van der Waals surface area (Å²) >= 11 is 0. The summed E-state index contributed by atoms with van der Waals surface area (Å²) in [6.45, 7) is 3.49. The first-order valence-corrected chi connectivity index (χ1v) is 7.81. The van der Waals surface area contributed by atoms with Crippen molar-refractivity contribution in [1.82, 2.24) is 9.62 Å². The maximum atomic E-state index is 13.4. The second-order valence-corrected chi connectivity index (χ2v) is 6.16. The summed E-state index contributed by atoms with van der Waals surface area (Å²) < 4.78 is 66.1. The van der Waals surface area contributed by atoms with Gasteiger partial charge >= 0.3 is 10.2 Å². The van der Waals surface area contributed by atoms with Gasteiger partial charge in [-0.3, -0.25) is 4.72 Å². The SMILES string of the molecule is CCNCCCN(C)S(=O)(=O)Nc1cc(F)cc(F)c1F. The highest BCUT2D eigenvalue weighted by atomic mass is 32.2. The lowest BCUT2D eigenvalue weighted by Gasteiger charge is -2.18. The Bertz CT molecular complexity index is 581. The van der Waals surface area contributed by atoms with Gasteiger partial charge in [-0.05, 0) is 19.5 Å². The molecule has 0 aromatic heterocycles. The predicted octanol–water partition coefficient (Wildman–Crippen LogP) is 1.69. The zero-order valence-corrected chi connectivity index (χ0v) is 12.6. The lowest BCUT2D eigenvalue weighted by Crippen LogP contribution is -2.34. The molecule has 1 aromatic rings. The van der Waals surface area contributed by atoms with Crippen molar-refractivity contribution in [2.45, 2.75) is 13.3 Å². The quantitative estimate of drug-likeness (QED) is 0.565. The zero-order valence-electron chi connectivity index (χ0n) is 11.8. The average Bonchev–Trinajstić information content (AvgIpc) is 2.39. The summed E-state index contributed by atoms with van der Waals surface area (Å²) in [5.74, 6) is -3.97. The highest BCUT2D eigenvalue weighted by Crippen LogP contribution is 2.20. The van der Waals surface area contributed by atoms with Gasteiger partial charge in [-0.15, -0.1) is 0 Å². The van der Waals surface area contributed by atoms with Crippen LogP contribution in [-0.2, 0) is 10.2 Å². The summed E-state index contributed by atoms with van der Waals surface area (Å²) in [5, 5.41) is 3.03. The maximum Gasteiger partial charge on any atom is 0.301 e. The molecule has 0 unspecified atom stereocenters. The summed E-state index contributed by atoms with van der Waals surface area (Å²) in [6, 6.07) is 0.926. The van der Waals surface area contributed by atoms with Crippen LogP contribution in [0.15, 0.2) is 12.1 Å². The van der Waals surface area contributed by atoms with Crippen LogP contribution in [-0.4, -0.2) is 39.4 Å². The Balaban J connectivity index is 2.76. The fraction of sp³-hybridized carbons (Fsp3) is 0.500. The number of anilines is 1. The molecule has 0 aliphatic carbocycles. The molecular weight excluding hydrogens is 307 g/mol. The van der Waals surface area contributed by atoms with Gasteiger partial charge in [0.2, 0.25) is 0 Å². The fourth-order valence-electron chi connectivity index (χ4n) is 1.57. The molecule has 0 saturated carbocycles. The number of hydrogen-bond acceptors (Lipinski definition) is 3. The van der Waals surface area contributed by atoms with E-state index in [1.165, 1.54) is 7.05 Å². The molecule has 1 aromatic carbocycles. The van der Waals surface area contributed by atoms with Crippen LogP contribution in [0.2, 0.25) is 0 Å². The highest BCUT2D eigenvalue weighted by Gasteiger charge is 2.21. The maximum absolute atomic E-state index is 13.4. The van der Waals surface area contributed by atoms with Gasteiger partial charge in [0.1, 0.15) is 5.82 Å². The van der Waals surface area contributed by atoms with E-state index in [9.17, 15) is 21.6 Å². The minimum absolute atomic E-state index is 0.182. The van der Waals surface area contributed by atoms with Crippen LogP contribution in [0, 0.1) is 17.5 Å². The van der Waals surface area contributed by atoms with Crippen LogP contribution in [0.5, 0.6) is 0 Å². The monoisotopic (exact) mass is 325 g/mol. The molecule has 2 N–H and O–H groups in total. The molecule has 0 fully saturated rings. The molecule has 0 radical (unpaired) electrons. The molecule has 0 saturated heterocycles. The van der Waals surface area contributed by atoms with E-state index in [1.807, 2.05) is 11.6 Å². The standard InChI is InChI=1S/C12H18F3N3O2S/c1-3-16-5-4-6-18(2)21(19,20)17-11-8-9(13)7-10(14)12(11)15/h7-8,16-17H,3-6H2,1-2H3. The predicted molar refractivity (Wildman–Crippen MR) is 74.6 cm³/mol. The van der Waals surface area contributed by atoms with E-state index in [1.54, 1.807) is 0 Å². The van der Waals surface area contributed by atoms with Crippen molar-refractivity contribution < 1.29 is 21.6 Å². The van der Waals surface area contributed by atoms with Crippen molar-refractivity contribution in [2.24, 2.45) is 0 Å². The number of benzene rings is 1. The topological polar surface area (TPSA) is 61.4 Å². The van der Waals surface area contributed by atoms with Crippen LogP contribution in [0.3, 0.4) is 0 Å². The van der Waals surface area contributed by atoms with E-state index >= 15 is 0 Å².